The molecule has 1 aromatic carbocycles. The number of halogens is 2. The summed E-state index contributed by atoms with van der Waals surface area (Å²) < 4.78 is 31.1. The molecule has 1 aliphatic rings. The monoisotopic (exact) mass is 284 g/mol. The van der Waals surface area contributed by atoms with Crippen LogP contribution in [0.4, 0.5) is 8.78 Å². The fourth-order valence-corrected chi connectivity index (χ4v) is 2.17. The fourth-order valence-electron chi connectivity index (χ4n) is 2.17. The molecule has 0 radical (unpaired) electrons. The van der Waals surface area contributed by atoms with Crippen molar-refractivity contribution in [3.63, 3.8) is 0 Å². The van der Waals surface area contributed by atoms with Gasteiger partial charge in [-0.2, -0.15) is 0 Å². The van der Waals surface area contributed by atoms with Gasteiger partial charge in [0, 0.05) is 31.6 Å². The van der Waals surface area contributed by atoms with E-state index in [1.807, 2.05) is 0 Å². The third-order valence-electron chi connectivity index (χ3n) is 3.26. The summed E-state index contributed by atoms with van der Waals surface area (Å²) in [5.41, 5.74) is 5.73. The minimum atomic E-state index is -0.734. The maximum Gasteiger partial charge on any atom is 0.222 e. The lowest BCUT2D eigenvalue weighted by atomic mass is 10.3. The van der Waals surface area contributed by atoms with Crippen LogP contribution < -0.4 is 10.5 Å². The van der Waals surface area contributed by atoms with E-state index in [4.69, 9.17) is 10.5 Å². The van der Waals surface area contributed by atoms with E-state index >= 15 is 0 Å². The van der Waals surface area contributed by atoms with E-state index in [9.17, 15) is 13.6 Å². The number of carbonyl (C=O) groups excluding carboxylic acids is 1. The van der Waals surface area contributed by atoms with Crippen molar-refractivity contribution in [2.75, 3.05) is 19.7 Å². The van der Waals surface area contributed by atoms with E-state index in [2.05, 4.69) is 0 Å². The minimum absolute atomic E-state index is 0.00189. The normalized spacial score (nSPS) is 18.4. The van der Waals surface area contributed by atoms with Gasteiger partial charge in [0.1, 0.15) is 5.82 Å². The fraction of sp³-hybridized carbons (Fsp3) is 0.500. The van der Waals surface area contributed by atoms with E-state index in [0.29, 0.717) is 25.9 Å². The van der Waals surface area contributed by atoms with Crippen LogP contribution in [-0.2, 0) is 4.79 Å². The maximum atomic E-state index is 13.3. The van der Waals surface area contributed by atoms with Crippen molar-refractivity contribution in [3.8, 4) is 5.75 Å². The zero-order valence-corrected chi connectivity index (χ0v) is 11.1. The Hall–Kier alpha value is -1.69. The van der Waals surface area contributed by atoms with Gasteiger partial charge in [-0.3, -0.25) is 4.79 Å². The number of rotatable bonds is 5. The molecule has 0 aliphatic carbocycles. The van der Waals surface area contributed by atoms with Crippen LogP contribution in [0.3, 0.4) is 0 Å². The average molecular weight is 284 g/mol. The largest absolute Gasteiger partial charge is 0.491 e. The summed E-state index contributed by atoms with van der Waals surface area (Å²) in [6, 6.07) is 3.22. The van der Waals surface area contributed by atoms with Crippen molar-refractivity contribution >= 4 is 5.91 Å². The molecular formula is C14H18F2N2O2. The van der Waals surface area contributed by atoms with Gasteiger partial charge < -0.3 is 15.4 Å². The van der Waals surface area contributed by atoms with Crippen LogP contribution >= 0.6 is 0 Å². The molecule has 2 N–H and O–H groups in total. The van der Waals surface area contributed by atoms with Gasteiger partial charge in [-0.05, 0) is 25.0 Å². The number of amides is 1. The summed E-state index contributed by atoms with van der Waals surface area (Å²) >= 11 is 0. The summed E-state index contributed by atoms with van der Waals surface area (Å²) in [5.74, 6) is -1.33. The van der Waals surface area contributed by atoms with Crippen LogP contribution in [0, 0.1) is 11.6 Å². The van der Waals surface area contributed by atoms with E-state index in [0.717, 1.165) is 18.6 Å². The third-order valence-corrected chi connectivity index (χ3v) is 3.26. The number of ether oxygens (including phenoxy) is 1. The highest BCUT2D eigenvalue weighted by atomic mass is 19.1. The Bertz CT molecular complexity index is 482. The molecule has 6 heteroatoms. The van der Waals surface area contributed by atoms with Crippen molar-refractivity contribution in [1.82, 2.24) is 4.90 Å². The van der Waals surface area contributed by atoms with Crippen LogP contribution in [-0.4, -0.2) is 36.5 Å². The van der Waals surface area contributed by atoms with E-state index in [-0.39, 0.29) is 24.3 Å². The zero-order chi connectivity index (χ0) is 14.5. The Morgan fingerprint density at radius 1 is 1.45 bits per heavy atom. The van der Waals surface area contributed by atoms with Crippen LogP contribution in [0.5, 0.6) is 5.75 Å². The molecule has 2 rings (SSSR count). The highest BCUT2D eigenvalue weighted by molar-refractivity contribution is 5.76. The van der Waals surface area contributed by atoms with Gasteiger partial charge in [-0.1, -0.05) is 0 Å². The first-order chi connectivity index (χ1) is 9.56. The molecule has 0 bridgehead atoms. The first-order valence-electron chi connectivity index (χ1n) is 6.67. The van der Waals surface area contributed by atoms with Crippen molar-refractivity contribution < 1.29 is 18.3 Å². The average Bonchev–Trinajstić information content (AvgIpc) is 2.83. The molecule has 20 heavy (non-hydrogen) atoms. The standard InChI is InChI=1S/C14H18F2N2O2/c15-10-3-4-13(12(16)8-10)20-7-1-2-14(19)18-6-5-11(17)9-18/h3-4,8,11H,1-2,5-7,9,17H2/t11-/m1/s1. The second-order valence-electron chi connectivity index (χ2n) is 4.92. The van der Waals surface area contributed by atoms with Crippen LogP contribution in [0.1, 0.15) is 19.3 Å². The number of nitrogens with zero attached hydrogens (tertiary/aromatic N) is 1. The molecular weight excluding hydrogens is 266 g/mol. The van der Waals surface area contributed by atoms with E-state index in [1.165, 1.54) is 6.07 Å². The molecule has 1 heterocycles. The Balaban J connectivity index is 1.70. The molecule has 110 valence electrons. The van der Waals surface area contributed by atoms with Gasteiger partial charge in [0.15, 0.2) is 11.6 Å². The number of likely N-dealkylation sites (tertiary alicyclic amines) is 1. The maximum absolute atomic E-state index is 13.3. The predicted octanol–water partition coefficient (Wildman–Crippen LogP) is 1.68. The predicted molar refractivity (Wildman–Crippen MR) is 70.3 cm³/mol. The number of hydrogen-bond acceptors (Lipinski definition) is 3. The second kappa shape index (κ2) is 6.65. The molecule has 1 fully saturated rings. The van der Waals surface area contributed by atoms with Crippen LogP contribution in [0.2, 0.25) is 0 Å². The van der Waals surface area contributed by atoms with Crippen molar-refractivity contribution in [2.24, 2.45) is 5.73 Å². The summed E-state index contributed by atoms with van der Waals surface area (Å²) in [6.07, 6.45) is 1.67. The molecule has 0 unspecified atom stereocenters. The SMILES string of the molecule is N[C@@H]1CCN(C(=O)CCCOc2ccc(F)cc2F)C1. The van der Waals surface area contributed by atoms with Gasteiger partial charge in [-0.25, -0.2) is 8.78 Å². The van der Waals surface area contributed by atoms with Gasteiger partial charge in [0.2, 0.25) is 5.91 Å². The van der Waals surface area contributed by atoms with Crippen LogP contribution in [0.25, 0.3) is 0 Å². The lowest BCUT2D eigenvalue weighted by molar-refractivity contribution is -0.130. The Kier molecular flexibility index (Phi) is 4.89. The molecule has 1 aromatic rings. The third kappa shape index (κ3) is 3.90. The van der Waals surface area contributed by atoms with Crippen molar-refractivity contribution in [2.45, 2.75) is 25.3 Å². The van der Waals surface area contributed by atoms with Gasteiger partial charge in [-0.15, -0.1) is 0 Å². The first kappa shape index (κ1) is 14.7. The molecule has 1 atom stereocenters. The van der Waals surface area contributed by atoms with Gasteiger partial charge in [0.05, 0.1) is 6.61 Å². The number of benzene rings is 1. The topological polar surface area (TPSA) is 55.6 Å². The molecule has 1 amide bonds. The summed E-state index contributed by atoms with van der Waals surface area (Å²) in [4.78, 5) is 13.5. The van der Waals surface area contributed by atoms with Crippen molar-refractivity contribution in [1.29, 1.82) is 0 Å². The molecule has 4 nitrogen and oxygen atoms in total. The van der Waals surface area contributed by atoms with E-state index in [1.54, 1.807) is 4.90 Å². The highest BCUT2D eigenvalue weighted by Crippen LogP contribution is 2.18. The molecule has 1 aliphatic heterocycles. The van der Waals surface area contributed by atoms with Crippen molar-refractivity contribution in [3.05, 3.63) is 29.8 Å². The summed E-state index contributed by atoms with van der Waals surface area (Å²) in [5, 5.41) is 0. The zero-order valence-electron chi connectivity index (χ0n) is 11.1. The second-order valence-corrected chi connectivity index (χ2v) is 4.92. The number of carbonyl (C=O) groups is 1. The van der Waals surface area contributed by atoms with E-state index < -0.39 is 11.6 Å². The molecule has 0 spiro atoms. The lowest BCUT2D eigenvalue weighted by Crippen LogP contribution is -2.31. The smallest absolute Gasteiger partial charge is 0.222 e. The highest BCUT2D eigenvalue weighted by Gasteiger charge is 2.22. The van der Waals surface area contributed by atoms with Gasteiger partial charge in [0.25, 0.3) is 0 Å². The molecule has 0 aromatic heterocycles. The molecule has 0 saturated carbocycles. The quantitative estimate of drug-likeness (QED) is 0.837. The minimum Gasteiger partial charge on any atom is -0.491 e. The first-order valence-corrected chi connectivity index (χ1v) is 6.67. The Labute approximate surface area is 116 Å². The van der Waals surface area contributed by atoms with Gasteiger partial charge >= 0.3 is 0 Å². The Morgan fingerprint density at radius 3 is 2.90 bits per heavy atom. The van der Waals surface area contributed by atoms with Crippen LogP contribution in [0.15, 0.2) is 18.2 Å². The molecule has 1 saturated heterocycles. The summed E-state index contributed by atoms with van der Waals surface area (Å²) in [6.45, 7) is 1.52. The number of nitrogens with two attached hydrogens (primary N) is 1. The Morgan fingerprint density at radius 2 is 2.25 bits per heavy atom. The summed E-state index contributed by atoms with van der Waals surface area (Å²) in [7, 11) is 0. The number of hydrogen-bond donors (Lipinski definition) is 1. The lowest BCUT2D eigenvalue weighted by Gasteiger charge is -2.15.